The van der Waals surface area contributed by atoms with E-state index in [1.54, 1.807) is 29.2 Å². The maximum absolute atomic E-state index is 12.3. The molecule has 1 aliphatic carbocycles. The third-order valence-corrected chi connectivity index (χ3v) is 3.90. The van der Waals surface area contributed by atoms with Gasteiger partial charge in [-0.3, -0.25) is 4.79 Å². The molecule has 0 bridgehead atoms. The number of aliphatic hydroxyl groups is 1. The Labute approximate surface area is 116 Å². The van der Waals surface area contributed by atoms with E-state index < -0.39 is 0 Å². The van der Waals surface area contributed by atoms with E-state index in [9.17, 15) is 9.90 Å². The van der Waals surface area contributed by atoms with E-state index in [1.807, 2.05) is 0 Å². The van der Waals surface area contributed by atoms with Gasteiger partial charge in [-0.2, -0.15) is 5.10 Å². The number of nitrogens with zero attached hydrogens (tertiary/aromatic N) is 3. The van der Waals surface area contributed by atoms with Crippen LogP contribution in [0.25, 0.3) is 5.65 Å². The second kappa shape index (κ2) is 5.58. The van der Waals surface area contributed by atoms with Crippen LogP contribution < -0.4 is 5.32 Å². The summed E-state index contributed by atoms with van der Waals surface area (Å²) in [6, 6.07) is 1.90. The Kier molecular flexibility index (Phi) is 3.64. The Balaban J connectivity index is 1.73. The van der Waals surface area contributed by atoms with Crippen LogP contribution in [0.1, 0.15) is 36.0 Å². The zero-order chi connectivity index (χ0) is 13.9. The highest BCUT2D eigenvalue weighted by Gasteiger charge is 2.24. The molecule has 1 fully saturated rings. The molecule has 1 amide bonds. The van der Waals surface area contributed by atoms with Crippen LogP contribution in [0.2, 0.25) is 0 Å². The van der Waals surface area contributed by atoms with Crippen molar-refractivity contribution in [1.82, 2.24) is 19.9 Å². The van der Waals surface area contributed by atoms with Crippen LogP contribution >= 0.6 is 0 Å². The van der Waals surface area contributed by atoms with Gasteiger partial charge in [0.25, 0.3) is 5.91 Å². The van der Waals surface area contributed by atoms with E-state index in [-0.39, 0.29) is 18.6 Å². The fourth-order valence-corrected chi connectivity index (χ4v) is 2.84. The van der Waals surface area contributed by atoms with Crippen LogP contribution in [0.5, 0.6) is 0 Å². The van der Waals surface area contributed by atoms with E-state index in [4.69, 9.17) is 0 Å². The van der Waals surface area contributed by atoms with Gasteiger partial charge in [-0.15, -0.1) is 0 Å². The number of aromatic nitrogens is 3. The Morgan fingerprint density at radius 1 is 1.50 bits per heavy atom. The van der Waals surface area contributed by atoms with Crippen LogP contribution in [0, 0.1) is 5.92 Å². The maximum atomic E-state index is 12.3. The molecule has 2 aromatic rings. The van der Waals surface area contributed by atoms with Gasteiger partial charge in [0.1, 0.15) is 5.56 Å². The number of hydrogen-bond donors (Lipinski definition) is 2. The van der Waals surface area contributed by atoms with Crippen LogP contribution in [-0.2, 0) is 0 Å². The number of amides is 1. The van der Waals surface area contributed by atoms with Gasteiger partial charge in [-0.05, 0) is 31.2 Å². The van der Waals surface area contributed by atoms with E-state index in [0.29, 0.717) is 17.1 Å². The average Bonchev–Trinajstić information content (AvgIpc) is 2.91. The lowest BCUT2D eigenvalue weighted by atomic mass is 9.86. The zero-order valence-electron chi connectivity index (χ0n) is 11.2. The summed E-state index contributed by atoms with van der Waals surface area (Å²) in [6.45, 7) is 0.199. The molecular formula is C14H18N4O2. The molecule has 0 aromatic carbocycles. The quantitative estimate of drug-likeness (QED) is 0.875. The lowest BCUT2D eigenvalue weighted by Gasteiger charge is -2.28. The van der Waals surface area contributed by atoms with Gasteiger partial charge in [-0.1, -0.05) is 6.42 Å². The lowest BCUT2D eigenvalue weighted by Crippen LogP contribution is -2.39. The number of nitrogens with one attached hydrogen (secondary N) is 1. The fraction of sp³-hybridized carbons (Fsp3) is 0.500. The van der Waals surface area contributed by atoms with Crippen molar-refractivity contribution in [3.8, 4) is 0 Å². The maximum Gasteiger partial charge on any atom is 0.256 e. The molecule has 2 N–H and O–H groups in total. The molecule has 0 saturated heterocycles. The smallest absolute Gasteiger partial charge is 0.256 e. The molecule has 106 valence electrons. The van der Waals surface area contributed by atoms with Crippen molar-refractivity contribution in [2.45, 2.75) is 31.7 Å². The van der Waals surface area contributed by atoms with Crippen LogP contribution in [0.3, 0.4) is 0 Å². The number of hydrogen-bond acceptors (Lipinski definition) is 4. The van der Waals surface area contributed by atoms with Crippen molar-refractivity contribution < 1.29 is 9.90 Å². The van der Waals surface area contributed by atoms with Crippen LogP contribution in [0.15, 0.2) is 24.7 Å². The highest BCUT2D eigenvalue weighted by molar-refractivity contribution is 5.99. The predicted molar refractivity (Wildman–Crippen MR) is 73.3 cm³/mol. The first-order valence-corrected chi connectivity index (χ1v) is 6.98. The molecule has 2 atom stereocenters. The Morgan fingerprint density at radius 3 is 3.25 bits per heavy atom. The first-order valence-electron chi connectivity index (χ1n) is 6.98. The molecule has 6 heteroatoms. The summed E-state index contributed by atoms with van der Waals surface area (Å²) >= 11 is 0. The Hall–Kier alpha value is -1.95. The first kappa shape index (κ1) is 13.1. The molecule has 1 saturated carbocycles. The van der Waals surface area contributed by atoms with Gasteiger partial charge in [0.15, 0.2) is 5.65 Å². The summed E-state index contributed by atoms with van der Waals surface area (Å²) < 4.78 is 1.59. The van der Waals surface area contributed by atoms with Crippen molar-refractivity contribution >= 4 is 11.6 Å². The van der Waals surface area contributed by atoms with Crippen LogP contribution in [-0.4, -0.2) is 38.3 Å². The normalized spacial score (nSPS) is 22.9. The highest BCUT2D eigenvalue weighted by Crippen LogP contribution is 2.24. The summed E-state index contributed by atoms with van der Waals surface area (Å²) in [5, 5.41) is 16.4. The minimum atomic E-state index is -0.137. The minimum absolute atomic E-state index is 0.132. The van der Waals surface area contributed by atoms with E-state index >= 15 is 0 Å². The molecule has 20 heavy (non-hydrogen) atoms. The topological polar surface area (TPSA) is 79.5 Å². The Morgan fingerprint density at radius 2 is 2.40 bits per heavy atom. The average molecular weight is 274 g/mol. The van der Waals surface area contributed by atoms with Gasteiger partial charge in [-0.25, -0.2) is 9.50 Å². The molecule has 0 aliphatic heterocycles. The van der Waals surface area contributed by atoms with Gasteiger partial charge in [0.2, 0.25) is 0 Å². The number of carbonyl (C=O) groups excluding carboxylic acids is 1. The second-order valence-electron chi connectivity index (χ2n) is 5.33. The Bertz CT molecular complexity index is 610. The van der Waals surface area contributed by atoms with Gasteiger partial charge >= 0.3 is 0 Å². The molecular weight excluding hydrogens is 256 g/mol. The van der Waals surface area contributed by atoms with Gasteiger partial charge < -0.3 is 10.4 Å². The molecule has 0 radical (unpaired) electrons. The standard InChI is InChI=1S/C14H18N4O2/c19-9-10-3-1-4-11(7-10)17-14(20)12-8-16-18-6-2-5-15-13(12)18/h2,5-6,8,10-11,19H,1,3-4,7,9H2,(H,17,20)/t10-,11-/m1/s1. The predicted octanol–water partition coefficient (Wildman–Crippen LogP) is 1.01. The third-order valence-electron chi connectivity index (χ3n) is 3.90. The fourth-order valence-electron chi connectivity index (χ4n) is 2.84. The minimum Gasteiger partial charge on any atom is -0.396 e. The summed E-state index contributed by atoms with van der Waals surface area (Å²) in [7, 11) is 0. The van der Waals surface area contributed by atoms with Crippen molar-refractivity contribution in [2.75, 3.05) is 6.61 Å². The second-order valence-corrected chi connectivity index (χ2v) is 5.33. The molecule has 0 unspecified atom stereocenters. The molecule has 2 aromatic heterocycles. The lowest BCUT2D eigenvalue weighted by molar-refractivity contribution is 0.0907. The van der Waals surface area contributed by atoms with Gasteiger partial charge in [0.05, 0.1) is 6.20 Å². The molecule has 0 spiro atoms. The number of fused-ring (bicyclic) bond motifs is 1. The number of carbonyl (C=O) groups is 1. The summed E-state index contributed by atoms with van der Waals surface area (Å²) in [6.07, 6.45) is 8.86. The van der Waals surface area contributed by atoms with Gasteiger partial charge in [0, 0.05) is 25.0 Å². The molecule has 1 aliphatic rings. The molecule has 2 heterocycles. The largest absolute Gasteiger partial charge is 0.396 e. The zero-order valence-corrected chi connectivity index (χ0v) is 11.2. The summed E-state index contributed by atoms with van der Waals surface area (Å²) in [5.41, 5.74) is 1.07. The van der Waals surface area contributed by atoms with Crippen molar-refractivity contribution in [1.29, 1.82) is 0 Å². The van der Waals surface area contributed by atoms with E-state index in [2.05, 4.69) is 15.4 Å². The highest BCUT2D eigenvalue weighted by atomic mass is 16.3. The summed E-state index contributed by atoms with van der Waals surface area (Å²) in [5.74, 6) is 0.165. The third kappa shape index (κ3) is 2.51. The first-order chi connectivity index (χ1) is 9.78. The van der Waals surface area contributed by atoms with Crippen LogP contribution in [0.4, 0.5) is 0 Å². The SMILES string of the molecule is O=C(N[C@@H]1CCC[C@@H](CO)C1)c1cnn2cccnc12. The summed E-state index contributed by atoms with van der Waals surface area (Å²) in [4.78, 5) is 16.5. The number of rotatable bonds is 3. The van der Waals surface area contributed by atoms with Crippen molar-refractivity contribution in [2.24, 2.45) is 5.92 Å². The number of aliphatic hydroxyl groups excluding tert-OH is 1. The molecule has 6 nitrogen and oxygen atoms in total. The van der Waals surface area contributed by atoms with E-state index in [0.717, 1.165) is 25.7 Å². The van der Waals surface area contributed by atoms with E-state index in [1.165, 1.54) is 0 Å². The van der Waals surface area contributed by atoms with Crippen molar-refractivity contribution in [3.63, 3.8) is 0 Å². The monoisotopic (exact) mass is 274 g/mol. The van der Waals surface area contributed by atoms with Crippen molar-refractivity contribution in [3.05, 3.63) is 30.2 Å². The molecule has 3 rings (SSSR count).